The van der Waals surface area contributed by atoms with E-state index in [9.17, 15) is 4.79 Å². The smallest absolute Gasteiger partial charge is 0.253 e. The highest BCUT2D eigenvalue weighted by Crippen LogP contribution is 2.39. The van der Waals surface area contributed by atoms with E-state index in [0.29, 0.717) is 0 Å². The maximum atomic E-state index is 12.8. The average molecular weight is 350 g/mol. The first-order valence-electron chi connectivity index (χ1n) is 9.52. The molecule has 26 heavy (non-hydrogen) atoms. The predicted octanol–water partition coefficient (Wildman–Crippen LogP) is 3.15. The van der Waals surface area contributed by atoms with Crippen LogP contribution in [0.5, 0.6) is 0 Å². The van der Waals surface area contributed by atoms with Crippen LogP contribution >= 0.6 is 0 Å². The molecule has 4 nitrogen and oxygen atoms in total. The second-order valence-corrected chi connectivity index (χ2v) is 7.16. The first-order valence-corrected chi connectivity index (χ1v) is 9.52. The Morgan fingerprint density at radius 1 is 0.808 bits per heavy atom. The van der Waals surface area contributed by atoms with Gasteiger partial charge in [0.15, 0.2) is 0 Å². The molecule has 136 valence electrons. The zero-order valence-electron chi connectivity index (χ0n) is 15.1. The lowest BCUT2D eigenvalue weighted by Crippen LogP contribution is -2.57. The van der Waals surface area contributed by atoms with Gasteiger partial charge in [-0.15, -0.1) is 0 Å². The number of carbonyl (C=O) groups excluding carboxylic acids is 1. The summed E-state index contributed by atoms with van der Waals surface area (Å²) in [6, 6.07) is 20.4. The summed E-state index contributed by atoms with van der Waals surface area (Å²) in [5.41, 5.74) is 2.16. The van der Waals surface area contributed by atoms with Gasteiger partial charge < -0.3 is 9.64 Å². The van der Waals surface area contributed by atoms with Crippen LogP contribution in [0.2, 0.25) is 0 Å². The molecule has 0 spiro atoms. The molecule has 2 aromatic rings. The van der Waals surface area contributed by atoms with Crippen molar-refractivity contribution >= 4 is 5.91 Å². The minimum absolute atomic E-state index is 0.0124. The lowest BCUT2D eigenvalue weighted by Gasteiger charge is -2.50. The zero-order valence-corrected chi connectivity index (χ0v) is 15.1. The molecular formula is C22H26N2O2. The van der Waals surface area contributed by atoms with Gasteiger partial charge in [-0.05, 0) is 30.5 Å². The number of nitrogens with zero attached hydrogens (tertiary/aromatic N) is 2. The Morgan fingerprint density at radius 2 is 1.38 bits per heavy atom. The molecule has 0 N–H and O–H groups in total. The summed E-state index contributed by atoms with van der Waals surface area (Å²) in [5.74, 6) is 0.147. The van der Waals surface area contributed by atoms with E-state index in [1.54, 1.807) is 0 Å². The van der Waals surface area contributed by atoms with Gasteiger partial charge in [-0.25, -0.2) is 0 Å². The number of likely N-dealkylation sites (tertiary alicyclic amines) is 1. The topological polar surface area (TPSA) is 32.8 Å². The Hall–Kier alpha value is -2.17. The minimum atomic E-state index is 0.0124. The lowest BCUT2D eigenvalue weighted by molar-refractivity contribution is -0.0482. The highest BCUT2D eigenvalue weighted by molar-refractivity contribution is 5.94. The molecule has 2 saturated heterocycles. The summed E-state index contributed by atoms with van der Waals surface area (Å²) in [6.45, 7) is 5.09. The maximum Gasteiger partial charge on any atom is 0.253 e. The van der Waals surface area contributed by atoms with Crippen molar-refractivity contribution in [2.75, 3.05) is 39.4 Å². The van der Waals surface area contributed by atoms with Gasteiger partial charge in [-0.1, -0.05) is 48.5 Å². The van der Waals surface area contributed by atoms with Crippen molar-refractivity contribution in [1.82, 2.24) is 9.80 Å². The van der Waals surface area contributed by atoms with Crippen molar-refractivity contribution in [3.8, 4) is 0 Å². The summed E-state index contributed by atoms with van der Waals surface area (Å²) in [5, 5.41) is 0. The molecular weight excluding hydrogens is 324 g/mol. The van der Waals surface area contributed by atoms with Crippen LogP contribution < -0.4 is 0 Å². The third-order valence-corrected chi connectivity index (χ3v) is 5.83. The number of amides is 1. The standard InChI is InChI=1S/C22H26N2O2/c25-21(19-7-3-1-4-8-19)23-13-11-22(12-14-23,20-9-5-2-6-10-20)24-15-17-26-18-16-24/h1-10H,11-18H2. The van der Waals surface area contributed by atoms with Gasteiger partial charge in [0.1, 0.15) is 0 Å². The van der Waals surface area contributed by atoms with Crippen molar-refractivity contribution in [2.45, 2.75) is 18.4 Å². The monoisotopic (exact) mass is 350 g/mol. The number of ether oxygens (including phenoxy) is 1. The molecule has 4 heteroatoms. The third-order valence-electron chi connectivity index (χ3n) is 5.83. The summed E-state index contributed by atoms with van der Waals surface area (Å²) >= 11 is 0. The van der Waals surface area contributed by atoms with Crippen molar-refractivity contribution in [3.05, 3.63) is 71.8 Å². The van der Waals surface area contributed by atoms with Crippen LogP contribution in [0.3, 0.4) is 0 Å². The molecule has 0 aromatic heterocycles. The molecule has 2 heterocycles. The second kappa shape index (κ2) is 7.60. The Labute approximate surface area is 155 Å². The van der Waals surface area contributed by atoms with Gasteiger partial charge in [-0.2, -0.15) is 0 Å². The first kappa shape index (κ1) is 17.3. The SMILES string of the molecule is O=C(c1ccccc1)N1CCC(c2ccccc2)(N2CCOCC2)CC1. The quantitative estimate of drug-likeness (QED) is 0.852. The predicted molar refractivity (Wildman–Crippen MR) is 102 cm³/mol. The third kappa shape index (κ3) is 3.27. The Morgan fingerprint density at radius 3 is 2.00 bits per heavy atom. The summed E-state index contributed by atoms with van der Waals surface area (Å²) in [6.07, 6.45) is 1.94. The Bertz CT molecular complexity index is 718. The zero-order chi connectivity index (χ0) is 17.8. The van der Waals surface area contributed by atoms with Crippen LogP contribution in [0.1, 0.15) is 28.8 Å². The van der Waals surface area contributed by atoms with Crippen LogP contribution in [-0.4, -0.2) is 55.1 Å². The molecule has 0 radical (unpaired) electrons. The number of carbonyl (C=O) groups is 1. The van der Waals surface area contributed by atoms with Crippen LogP contribution in [0.25, 0.3) is 0 Å². The molecule has 4 rings (SSSR count). The normalized spacial score (nSPS) is 20.7. The lowest BCUT2D eigenvalue weighted by atomic mass is 9.79. The Kier molecular flexibility index (Phi) is 5.05. The van der Waals surface area contributed by atoms with Crippen molar-refractivity contribution in [2.24, 2.45) is 0 Å². The van der Waals surface area contributed by atoms with E-state index in [2.05, 4.69) is 35.2 Å². The average Bonchev–Trinajstić information content (AvgIpc) is 2.75. The van der Waals surface area contributed by atoms with E-state index in [0.717, 1.165) is 57.8 Å². The van der Waals surface area contributed by atoms with Gasteiger partial charge in [0.2, 0.25) is 0 Å². The second-order valence-electron chi connectivity index (χ2n) is 7.16. The van der Waals surface area contributed by atoms with Crippen LogP contribution in [0, 0.1) is 0 Å². The van der Waals surface area contributed by atoms with Crippen molar-refractivity contribution in [3.63, 3.8) is 0 Å². The molecule has 1 amide bonds. The van der Waals surface area contributed by atoms with Gasteiger partial charge in [0, 0.05) is 37.3 Å². The van der Waals surface area contributed by atoms with Crippen LogP contribution in [0.15, 0.2) is 60.7 Å². The van der Waals surface area contributed by atoms with E-state index >= 15 is 0 Å². The van der Waals surface area contributed by atoms with Crippen molar-refractivity contribution < 1.29 is 9.53 Å². The van der Waals surface area contributed by atoms with E-state index in [1.165, 1.54) is 5.56 Å². The largest absolute Gasteiger partial charge is 0.379 e. The van der Waals surface area contributed by atoms with E-state index < -0.39 is 0 Å². The van der Waals surface area contributed by atoms with E-state index in [1.807, 2.05) is 35.2 Å². The Balaban J connectivity index is 1.55. The molecule has 0 aliphatic carbocycles. The molecule has 0 saturated carbocycles. The van der Waals surface area contributed by atoms with E-state index in [-0.39, 0.29) is 11.4 Å². The summed E-state index contributed by atoms with van der Waals surface area (Å²) in [7, 11) is 0. The first-order chi connectivity index (χ1) is 12.8. The maximum absolute atomic E-state index is 12.8. The molecule has 2 aromatic carbocycles. The summed E-state index contributed by atoms with van der Waals surface area (Å²) in [4.78, 5) is 17.4. The number of benzene rings is 2. The number of hydrogen-bond donors (Lipinski definition) is 0. The number of hydrogen-bond acceptors (Lipinski definition) is 3. The minimum Gasteiger partial charge on any atom is -0.379 e. The fourth-order valence-electron chi connectivity index (χ4n) is 4.37. The molecule has 0 bridgehead atoms. The molecule has 0 unspecified atom stereocenters. The van der Waals surface area contributed by atoms with Crippen LogP contribution in [-0.2, 0) is 10.3 Å². The van der Waals surface area contributed by atoms with Gasteiger partial charge >= 0.3 is 0 Å². The molecule has 2 fully saturated rings. The fourth-order valence-corrected chi connectivity index (χ4v) is 4.37. The number of rotatable bonds is 3. The van der Waals surface area contributed by atoms with Gasteiger partial charge in [-0.3, -0.25) is 9.69 Å². The summed E-state index contributed by atoms with van der Waals surface area (Å²) < 4.78 is 5.58. The fraction of sp³-hybridized carbons (Fsp3) is 0.409. The van der Waals surface area contributed by atoms with E-state index in [4.69, 9.17) is 4.74 Å². The highest BCUT2D eigenvalue weighted by Gasteiger charge is 2.42. The van der Waals surface area contributed by atoms with Gasteiger partial charge in [0.05, 0.1) is 13.2 Å². The van der Waals surface area contributed by atoms with Gasteiger partial charge in [0.25, 0.3) is 5.91 Å². The number of piperidine rings is 1. The molecule has 0 atom stereocenters. The molecule has 2 aliphatic rings. The highest BCUT2D eigenvalue weighted by atomic mass is 16.5. The van der Waals surface area contributed by atoms with Crippen LogP contribution in [0.4, 0.5) is 0 Å². The number of morpholine rings is 1. The van der Waals surface area contributed by atoms with Crippen molar-refractivity contribution in [1.29, 1.82) is 0 Å². The molecule has 2 aliphatic heterocycles.